The van der Waals surface area contributed by atoms with Gasteiger partial charge >= 0.3 is 6.18 Å². The van der Waals surface area contributed by atoms with Crippen LogP contribution in [0.2, 0.25) is 0 Å². The van der Waals surface area contributed by atoms with Gasteiger partial charge in [-0.05, 0) is 30.9 Å². The number of rotatable bonds is 4. The van der Waals surface area contributed by atoms with Crippen molar-refractivity contribution in [3.63, 3.8) is 0 Å². The van der Waals surface area contributed by atoms with Crippen molar-refractivity contribution < 1.29 is 22.7 Å². The van der Waals surface area contributed by atoms with Crippen LogP contribution in [0.1, 0.15) is 36.3 Å². The number of nitrogens with two attached hydrogens (primary N) is 1. The molecule has 4 atom stereocenters. The van der Waals surface area contributed by atoms with Crippen molar-refractivity contribution in [2.75, 3.05) is 6.54 Å². The van der Waals surface area contributed by atoms with Gasteiger partial charge in [0.25, 0.3) is 0 Å². The molecule has 1 amide bonds. The first-order chi connectivity index (χ1) is 10.9. The van der Waals surface area contributed by atoms with Gasteiger partial charge in [0.1, 0.15) is 6.10 Å². The molecule has 1 aromatic rings. The molecule has 1 aliphatic carbocycles. The molecule has 8 heteroatoms. The third kappa shape index (κ3) is 4.02. The lowest BCUT2D eigenvalue weighted by molar-refractivity contribution is -0.138. The van der Waals surface area contributed by atoms with Crippen molar-refractivity contribution in [1.82, 2.24) is 5.32 Å². The minimum absolute atomic E-state index is 0. The van der Waals surface area contributed by atoms with E-state index in [0.717, 1.165) is 12.5 Å². The molecular weight excluding hydrogens is 345 g/mol. The first-order valence-corrected chi connectivity index (χ1v) is 7.72. The van der Waals surface area contributed by atoms with Crippen molar-refractivity contribution in [2.24, 2.45) is 5.73 Å². The number of carbonyl (C=O) groups is 1. The Balaban J connectivity index is 0.00000208. The zero-order valence-electron chi connectivity index (χ0n) is 12.9. The molecule has 3 rings (SSSR count). The number of alkyl halides is 3. The van der Waals surface area contributed by atoms with Crippen LogP contribution in [0, 0.1) is 0 Å². The molecule has 2 unspecified atom stereocenters. The summed E-state index contributed by atoms with van der Waals surface area (Å²) in [6.07, 6.45) is -3.17. The van der Waals surface area contributed by atoms with E-state index in [9.17, 15) is 18.0 Å². The third-order valence-corrected chi connectivity index (χ3v) is 4.45. The first kappa shape index (κ1) is 19.0. The number of amides is 1. The molecule has 1 aromatic carbocycles. The van der Waals surface area contributed by atoms with Crippen LogP contribution < -0.4 is 11.1 Å². The van der Waals surface area contributed by atoms with Crippen LogP contribution in [-0.4, -0.2) is 30.7 Å². The van der Waals surface area contributed by atoms with Crippen LogP contribution in [0.15, 0.2) is 24.3 Å². The molecule has 0 aromatic heterocycles. The van der Waals surface area contributed by atoms with Crippen molar-refractivity contribution in [3.8, 4) is 0 Å². The fraction of sp³-hybridized carbons (Fsp3) is 0.562. The van der Waals surface area contributed by atoms with E-state index in [0.29, 0.717) is 19.4 Å². The van der Waals surface area contributed by atoms with E-state index in [1.807, 2.05) is 0 Å². The fourth-order valence-corrected chi connectivity index (χ4v) is 3.12. The molecule has 0 spiro atoms. The highest BCUT2D eigenvalue weighted by Crippen LogP contribution is 2.46. The molecule has 1 saturated heterocycles. The molecule has 3 N–H and O–H groups in total. The molecule has 1 heterocycles. The van der Waals surface area contributed by atoms with Crippen molar-refractivity contribution in [2.45, 2.75) is 49.6 Å². The van der Waals surface area contributed by atoms with Crippen LogP contribution in [0.25, 0.3) is 0 Å². The molecular formula is C16H20ClF3N2O2. The average Bonchev–Trinajstić information content (AvgIpc) is 3.10. The van der Waals surface area contributed by atoms with E-state index in [4.69, 9.17) is 10.5 Å². The number of carbonyl (C=O) groups excluding carboxylic acids is 1. The number of hydrogen-bond acceptors (Lipinski definition) is 3. The lowest BCUT2D eigenvalue weighted by Gasteiger charge is -2.14. The second-order valence-corrected chi connectivity index (χ2v) is 6.10. The first-order valence-electron chi connectivity index (χ1n) is 7.72. The Morgan fingerprint density at radius 3 is 2.62 bits per heavy atom. The Bertz CT molecular complexity index is 597. The monoisotopic (exact) mass is 364 g/mol. The summed E-state index contributed by atoms with van der Waals surface area (Å²) in [6.45, 7) is 0.370. The standard InChI is InChI=1S/C16H19F3N2O2.ClH/c17-16(18,19)12-4-2-1-3-10(12)11-7-13(11)21-15(22)14-6-5-9(8-20)23-14;/h1-4,9,11,13-14H,5-8,20H2,(H,21,22);1H/t9-,11?,13?,14+;/m1./s1. The molecule has 2 fully saturated rings. The highest BCUT2D eigenvalue weighted by Gasteiger charge is 2.45. The van der Waals surface area contributed by atoms with E-state index in [-0.39, 0.29) is 41.9 Å². The van der Waals surface area contributed by atoms with E-state index >= 15 is 0 Å². The van der Waals surface area contributed by atoms with Gasteiger partial charge in [0.2, 0.25) is 5.91 Å². The molecule has 24 heavy (non-hydrogen) atoms. The molecule has 0 bridgehead atoms. The van der Waals surface area contributed by atoms with Crippen LogP contribution in [0.3, 0.4) is 0 Å². The number of ether oxygens (including phenoxy) is 1. The molecule has 2 aliphatic rings. The van der Waals surface area contributed by atoms with Crippen molar-refractivity contribution in [3.05, 3.63) is 35.4 Å². The third-order valence-electron chi connectivity index (χ3n) is 4.45. The van der Waals surface area contributed by atoms with Gasteiger partial charge in [-0.3, -0.25) is 4.79 Å². The van der Waals surface area contributed by atoms with Crippen LogP contribution in [0.4, 0.5) is 13.2 Å². The highest BCUT2D eigenvalue weighted by atomic mass is 35.5. The number of benzene rings is 1. The van der Waals surface area contributed by atoms with Gasteiger partial charge in [0.15, 0.2) is 0 Å². The number of nitrogens with one attached hydrogen (secondary N) is 1. The Morgan fingerprint density at radius 1 is 1.29 bits per heavy atom. The van der Waals surface area contributed by atoms with Gasteiger partial charge in [0.05, 0.1) is 11.7 Å². The van der Waals surface area contributed by atoms with Crippen molar-refractivity contribution in [1.29, 1.82) is 0 Å². The minimum atomic E-state index is -4.38. The van der Waals surface area contributed by atoms with E-state index in [2.05, 4.69) is 5.32 Å². The van der Waals surface area contributed by atoms with Crippen LogP contribution in [0.5, 0.6) is 0 Å². The zero-order valence-corrected chi connectivity index (χ0v) is 13.7. The van der Waals surface area contributed by atoms with Gasteiger partial charge in [-0.1, -0.05) is 18.2 Å². The summed E-state index contributed by atoms with van der Waals surface area (Å²) < 4.78 is 44.6. The maximum atomic E-state index is 13.0. The van der Waals surface area contributed by atoms with Gasteiger partial charge in [0, 0.05) is 18.5 Å². The van der Waals surface area contributed by atoms with Crippen LogP contribution in [-0.2, 0) is 15.7 Å². The van der Waals surface area contributed by atoms with E-state index < -0.39 is 17.8 Å². The average molecular weight is 365 g/mol. The van der Waals surface area contributed by atoms with E-state index in [1.165, 1.54) is 12.1 Å². The molecule has 4 nitrogen and oxygen atoms in total. The smallest absolute Gasteiger partial charge is 0.364 e. The number of halogens is 4. The summed E-state index contributed by atoms with van der Waals surface area (Å²) in [5.74, 6) is -0.540. The Labute approximate surface area is 144 Å². The minimum Gasteiger partial charge on any atom is -0.364 e. The Kier molecular flexibility index (Phi) is 5.78. The largest absolute Gasteiger partial charge is 0.416 e. The second kappa shape index (κ2) is 7.29. The normalized spacial score (nSPS) is 29.0. The van der Waals surface area contributed by atoms with Crippen molar-refractivity contribution >= 4 is 18.3 Å². The summed E-state index contributed by atoms with van der Waals surface area (Å²) in [5, 5.41) is 2.80. The second-order valence-electron chi connectivity index (χ2n) is 6.10. The van der Waals surface area contributed by atoms with Gasteiger partial charge in [-0.25, -0.2) is 0 Å². The molecule has 134 valence electrons. The maximum absolute atomic E-state index is 13.0. The van der Waals surface area contributed by atoms with Gasteiger partial charge in [-0.2, -0.15) is 13.2 Å². The Morgan fingerprint density at radius 2 is 2.00 bits per heavy atom. The zero-order chi connectivity index (χ0) is 16.6. The number of hydrogen-bond donors (Lipinski definition) is 2. The van der Waals surface area contributed by atoms with Crippen LogP contribution >= 0.6 is 12.4 Å². The lowest BCUT2D eigenvalue weighted by atomic mass is 10.0. The fourth-order valence-electron chi connectivity index (χ4n) is 3.12. The summed E-state index contributed by atoms with van der Waals surface area (Å²) in [4.78, 5) is 12.1. The lowest BCUT2D eigenvalue weighted by Crippen LogP contribution is -2.37. The highest BCUT2D eigenvalue weighted by molar-refractivity contribution is 5.85. The van der Waals surface area contributed by atoms with Gasteiger partial charge < -0.3 is 15.8 Å². The Hall–Kier alpha value is -1.31. The SMILES string of the molecule is Cl.NC[C@H]1CC[C@@H](C(=O)NC2CC2c2ccccc2C(F)(F)F)O1. The maximum Gasteiger partial charge on any atom is 0.416 e. The summed E-state index contributed by atoms with van der Waals surface area (Å²) in [7, 11) is 0. The summed E-state index contributed by atoms with van der Waals surface area (Å²) in [5.41, 5.74) is 5.13. The quantitative estimate of drug-likeness (QED) is 0.863. The van der Waals surface area contributed by atoms with Gasteiger partial charge in [-0.15, -0.1) is 12.4 Å². The molecule has 1 aliphatic heterocycles. The predicted octanol–water partition coefficient (Wildman–Crippen LogP) is 2.61. The summed E-state index contributed by atoms with van der Waals surface area (Å²) >= 11 is 0. The summed E-state index contributed by atoms with van der Waals surface area (Å²) in [6, 6.07) is 5.27. The molecule has 1 saturated carbocycles. The van der Waals surface area contributed by atoms with E-state index in [1.54, 1.807) is 6.07 Å². The predicted molar refractivity (Wildman–Crippen MR) is 84.9 cm³/mol. The molecule has 0 radical (unpaired) electrons. The topological polar surface area (TPSA) is 64.4 Å².